The molecule has 0 spiro atoms. The van der Waals surface area contributed by atoms with Crippen molar-refractivity contribution in [2.75, 3.05) is 39.8 Å². The SMILES string of the molecule is CN=C(NCC1CCN(Cc2cccs2)CC1)N1CC2C3CCC(O3)C2C1. The van der Waals surface area contributed by atoms with E-state index in [1.165, 1.54) is 43.6 Å². The molecule has 1 aromatic rings. The second-order valence-corrected chi connectivity index (χ2v) is 9.78. The third-order valence-electron chi connectivity index (χ3n) is 7.18. The number of hydrogen-bond donors (Lipinski definition) is 1. The average molecular weight is 389 g/mol. The van der Waals surface area contributed by atoms with Gasteiger partial charge in [-0.3, -0.25) is 9.89 Å². The molecule has 4 fully saturated rings. The second-order valence-electron chi connectivity index (χ2n) is 8.75. The van der Waals surface area contributed by atoms with Crippen molar-refractivity contribution in [1.82, 2.24) is 15.1 Å². The summed E-state index contributed by atoms with van der Waals surface area (Å²) in [6.07, 6.45) is 6.18. The van der Waals surface area contributed by atoms with Gasteiger partial charge in [-0.05, 0) is 56.1 Å². The fourth-order valence-corrected chi connectivity index (χ4v) is 6.42. The van der Waals surface area contributed by atoms with Gasteiger partial charge in [-0.2, -0.15) is 0 Å². The minimum Gasteiger partial charge on any atom is -0.374 e. The maximum atomic E-state index is 6.11. The molecular formula is C21H32N4OS. The van der Waals surface area contributed by atoms with Crippen LogP contribution in [0, 0.1) is 17.8 Å². The maximum Gasteiger partial charge on any atom is 0.193 e. The van der Waals surface area contributed by atoms with Crippen molar-refractivity contribution in [2.45, 2.75) is 44.4 Å². The molecule has 0 amide bonds. The van der Waals surface area contributed by atoms with E-state index in [0.29, 0.717) is 12.2 Å². The van der Waals surface area contributed by atoms with Gasteiger partial charge in [0.2, 0.25) is 0 Å². The highest BCUT2D eigenvalue weighted by atomic mass is 32.1. The molecule has 2 bridgehead atoms. The first-order chi connectivity index (χ1) is 13.3. The van der Waals surface area contributed by atoms with E-state index >= 15 is 0 Å². The Hall–Kier alpha value is -1.11. The molecule has 4 atom stereocenters. The standard InChI is InChI=1S/C21H32N4OS/c1-22-21(25-13-17-18(14-25)20-5-4-19(17)26-20)23-11-15-6-8-24(9-7-15)12-16-3-2-10-27-16/h2-3,10,15,17-20H,4-9,11-14H2,1H3,(H,22,23). The van der Waals surface area contributed by atoms with Crippen molar-refractivity contribution in [3.05, 3.63) is 22.4 Å². The van der Waals surface area contributed by atoms with Gasteiger partial charge in [-0.15, -0.1) is 11.3 Å². The van der Waals surface area contributed by atoms with Gasteiger partial charge in [0, 0.05) is 49.9 Å². The summed E-state index contributed by atoms with van der Waals surface area (Å²) in [6.45, 7) is 6.89. The Morgan fingerprint density at radius 1 is 1.19 bits per heavy atom. The van der Waals surface area contributed by atoms with E-state index in [0.717, 1.165) is 49.9 Å². The van der Waals surface area contributed by atoms with Crippen molar-refractivity contribution in [2.24, 2.45) is 22.7 Å². The first-order valence-corrected chi connectivity index (χ1v) is 11.5. The van der Waals surface area contributed by atoms with Gasteiger partial charge >= 0.3 is 0 Å². The van der Waals surface area contributed by atoms with Gasteiger partial charge < -0.3 is 15.0 Å². The molecule has 6 heteroatoms. The van der Waals surface area contributed by atoms with Crippen LogP contribution < -0.4 is 5.32 Å². The number of thiophene rings is 1. The third kappa shape index (κ3) is 3.64. The lowest BCUT2D eigenvalue weighted by Gasteiger charge is -2.32. The Bertz CT molecular complexity index is 637. The summed E-state index contributed by atoms with van der Waals surface area (Å²) in [4.78, 5) is 11.2. The summed E-state index contributed by atoms with van der Waals surface area (Å²) in [5.41, 5.74) is 0. The minimum absolute atomic E-state index is 0.524. The number of piperidine rings is 1. The molecule has 4 aliphatic heterocycles. The maximum absolute atomic E-state index is 6.11. The molecule has 5 rings (SSSR count). The number of ether oxygens (including phenoxy) is 1. The number of nitrogens with zero attached hydrogens (tertiary/aromatic N) is 3. The Labute approximate surface area is 166 Å². The highest BCUT2D eigenvalue weighted by molar-refractivity contribution is 7.09. The molecule has 0 aliphatic carbocycles. The zero-order valence-corrected chi connectivity index (χ0v) is 17.2. The minimum atomic E-state index is 0.524. The monoisotopic (exact) mass is 388 g/mol. The van der Waals surface area contributed by atoms with Crippen LogP contribution >= 0.6 is 11.3 Å². The number of fused-ring (bicyclic) bond motifs is 5. The van der Waals surface area contributed by atoms with Crippen LogP contribution in [0.2, 0.25) is 0 Å². The van der Waals surface area contributed by atoms with Crippen molar-refractivity contribution < 1.29 is 4.74 Å². The summed E-state index contributed by atoms with van der Waals surface area (Å²) in [6, 6.07) is 4.41. The lowest BCUT2D eigenvalue weighted by molar-refractivity contribution is 0.0766. The molecule has 1 aromatic heterocycles. The van der Waals surface area contributed by atoms with E-state index in [4.69, 9.17) is 4.74 Å². The van der Waals surface area contributed by atoms with E-state index in [1.54, 1.807) is 0 Å². The van der Waals surface area contributed by atoms with E-state index in [-0.39, 0.29) is 0 Å². The normalized spacial score (nSPS) is 34.4. The number of aliphatic imine (C=N–C) groups is 1. The molecule has 4 unspecified atom stereocenters. The molecule has 0 aromatic carbocycles. The summed E-state index contributed by atoms with van der Waals surface area (Å²) in [7, 11) is 1.94. The van der Waals surface area contributed by atoms with E-state index in [1.807, 2.05) is 18.4 Å². The van der Waals surface area contributed by atoms with Crippen LogP contribution in [0.15, 0.2) is 22.5 Å². The Morgan fingerprint density at radius 3 is 2.56 bits per heavy atom. The zero-order valence-electron chi connectivity index (χ0n) is 16.3. The van der Waals surface area contributed by atoms with Crippen LogP contribution in [-0.4, -0.2) is 67.7 Å². The summed E-state index contributed by atoms with van der Waals surface area (Å²) >= 11 is 1.88. The lowest BCUT2D eigenvalue weighted by Crippen LogP contribution is -2.44. The molecule has 5 nitrogen and oxygen atoms in total. The number of guanidine groups is 1. The number of hydrogen-bond acceptors (Lipinski definition) is 4. The average Bonchev–Trinajstić information content (AvgIpc) is 3.46. The number of rotatable bonds is 4. The largest absolute Gasteiger partial charge is 0.374 e. The number of nitrogens with one attached hydrogen (secondary N) is 1. The van der Waals surface area contributed by atoms with Crippen LogP contribution in [0.5, 0.6) is 0 Å². The van der Waals surface area contributed by atoms with Crippen LogP contribution in [0.1, 0.15) is 30.6 Å². The Balaban J connectivity index is 1.08. The fourth-order valence-electron chi connectivity index (χ4n) is 5.67. The highest BCUT2D eigenvalue weighted by Gasteiger charge is 2.53. The Kier molecular flexibility index (Phi) is 5.13. The summed E-state index contributed by atoms with van der Waals surface area (Å²) in [5, 5.41) is 5.88. The van der Waals surface area contributed by atoms with Crippen molar-refractivity contribution in [1.29, 1.82) is 0 Å². The predicted molar refractivity (Wildman–Crippen MR) is 110 cm³/mol. The van der Waals surface area contributed by atoms with E-state index in [2.05, 4.69) is 37.6 Å². The van der Waals surface area contributed by atoms with Crippen molar-refractivity contribution >= 4 is 17.3 Å². The zero-order chi connectivity index (χ0) is 18.2. The molecule has 4 aliphatic rings. The Morgan fingerprint density at radius 2 is 1.93 bits per heavy atom. The van der Waals surface area contributed by atoms with Crippen LogP contribution in [0.4, 0.5) is 0 Å². The first-order valence-electron chi connectivity index (χ1n) is 10.7. The van der Waals surface area contributed by atoms with Gasteiger partial charge in [0.05, 0.1) is 12.2 Å². The molecule has 27 heavy (non-hydrogen) atoms. The molecule has 1 N–H and O–H groups in total. The quantitative estimate of drug-likeness (QED) is 0.636. The lowest BCUT2D eigenvalue weighted by atomic mass is 9.82. The topological polar surface area (TPSA) is 40.1 Å². The summed E-state index contributed by atoms with van der Waals surface area (Å²) < 4.78 is 6.11. The smallest absolute Gasteiger partial charge is 0.193 e. The molecular weight excluding hydrogens is 356 g/mol. The second kappa shape index (κ2) is 7.72. The van der Waals surface area contributed by atoms with Gasteiger partial charge in [-0.25, -0.2) is 0 Å². The molecule has 4 saturated heterocycles. The van der Waals surface area contributed by atoms with Gasteiger partial charge in [0.1, 0.15) is 0 Å². The fraction of sp³-hybridized carbons (Fsp3) is 0.762. The van der Waals surface area contributed by atoms with Crippen LogP contribution in [0.25, 0.3) is 0 Å². The third-order valence-corrected chi connectivity index (χ3v) is 8.04. The van der Waals surface area contributed by atoms with Gasteiger partial charge in [0.15, 0.2) is 5.96 Å². The predicted octanol–water partition coefficient (Wildman–Crippen LogP) is 2.64. The molecule has 0 saturated carbocycles. The highest BCUT2D eigenvalue weighted by Crippen LogP contribution is 2.47. The van der Waals surface area contributed by atoms with E-state index < -0.39 is 0 Å². The molecule has 148 valence electrons. The van der Waals surface area contributed by atoms with Crippen molar-refractivity contribution in [3.63, 3.8) is 0 Å². The molecule has 0 radical (unpaired) electrons. The first kappa shape index (κ1) is 18.0. The number of likely N-dealkylation sites (tertiary alicyclic amines) is 2. The summed E-state index contributed by atoms with van der Waals surface area (Å²) in [5.74, 6) is 3.36. The van der Waals surface area contributed by atoms with Crippen LogP contribution in [0.3, 0.4) is 0 Å². The van der Waals surface area contributed by atoms with Gasteiger partial charge in [-0.1, -0.05) is 6.07 Å². The van der Waals surface area contributed by atoms with E-state index in [9.17, 15) is 0 Å². The van der Waals surface area contributed by atoms with Crippen LogP contribution in [-0.2, 0) is 11.3 Å². The molecule has 5 heterocycles. The van der Waals surface area contributed by atoms with Gasteiger partial charge in [0.25, 0.3) is 0 Å². The van der Waals surface area contributed by atoms with Crippen molar-refractivity contribution in [3.8, 4) is 0 Å².